The maximum absolute atomic E-state index is 9.39. The molecule has 78 valence electrons. The summed E-state index contributed by atoms with van der Waals surface area (Å²) in [6.07, 6.45) is 4.15. The van der Waals surface area contributed by atoms with E-state index >= 15 is 0 Å². The predicted octanol–water partition coefficient (Wildman–Crippen LogP) is 0.0925. The molecule has 0 heterocycles. The van der Waals surface area contributed by atoms with E-state index in [9.17, 15) is 20.4 Å². The maximum Gasteiger partial charge on any atom is 0.218 e. The van der Waals surface area contributed by atoms with E-state index in [1.54, 1.807) is 0 Å². The zero-order valence-corrected chi connectivity index (χ0v) is 7.74. The first-order valence-corrected chi connectivity index (χ1v) is 4.85. The van der Waals surface area contributed by atoms with Gasteiger partial charge in [0.05, 0.1) is 0 Å². The minimum Gasteiger partial charge on any atom is -0.361 e. The van der Waals surface area contributed by atoms with Gasteiger partial charge in [-0.3, -0.25) is 0 Å². The van der Waals surface area contributed by atoms with Crippen LogP contribution in [-0.4, -0.2) is 32.0 Å². The number of aliphatic hydroxyl groups is 4. The van der Waals surface area contributed by atoms with E-state index in [0.717, 1.165) is 19.3 Å². The van der Waals surface area contributed by atoms with Crippen molar-refractivity contribution in [2.24, 2.45) is 0 Å². The van der Waals surface area contributed by atoms with Gasteiger partial charge in [0.25, 0.3) is 0 Å². The molecule has 1 fully saturated rings. The lowest BCUT2D eigenvalue weighted by Gasteiger charge is -2.34. The van der Waals surface area contributed by atoms with Crippen molar-refractivity contribution in [1.29, 1.82) is 0 Å². The molecule has 13 heavy (non-hydrogen) atoms. The van der Waals surface area contributed by atoms with Crippen molar-refractivity contribution >= 4 is 0 Å². The molecule has 0 aromatic carbocycles. The highest BCUT2D eigenvalue weighted by Crippen LogP contribution is 2.30. The van der Waals surface area contributed by atoms with Crippen molar-refractivity contribution in [2.45, 2.75) is 56.5 Å². The summed E-state index contributed by atoms with van der Waals surface area (Å²) in [6, 6.07) is 0. The van der Waals surface area contributed by atoms with Crippen LogP contribution in [0.4, 0.5) is 0 Å². The lowest BCUT2D eigenvalue weighted by atomic mass is 9.97. The van der Waals surface area contributed by atoms with Gasteiger partial charge in [-0.05, 0) is 12.8 Å². The highest BCUT2D eigenvalue weighted by atomic mass is 16.6. The van der Waals surface area contributed by atoms with Gasteiger partial charge in [-0.25, -0.2) is 0 Å². The molecule has 1 aliphatic rings. The van der Waals surface area contributed by atoms with Gasteiger partial charge in [0, 0.05) is 12.8 Å². The lowest BCUT2D eigenvalue weighted by molar-refractivity contribution is -0.361. The molecule has 0 saturated heterocycles. The van der Waals surface area contributed by atoms with Crippen molar-refractivity contribution in [2.75, 3.05) is 0 Å². The van der Waals surface area contributed by atoms with Gasteiger partial charge in [0.15, 0.2) is 0 Å². The molecule has 0 amide bonds. The SMILES string of the molecule is OC1(O)CCCCCCCC1(O)O. The van der Waals surface area contributed by atoms with Crippen LogP contribution in [0.2, 0.25) is 0 Å². The highest BCUT2D eigenvalue weighted by molar-refractivity contribution is 4.83. The molecule has 0 bridgehead atoms. The van der Waals surface area contributed by atoms with Crippen LogP contribution in [0.25, 0.3) is 0 Å². The molecular formula is C9H18O4. The average Bonchev–Trinajstić information content (AvgIpc) is 2.05. The van der Waals surface area contributed by atoms with Crippen LogP contribution >= 0.6 is 0 Å². The Morgan fingerprint density at radius 3 is 1.23 bits per heavy atom. The molecule has 0 atom stereocenters. The van der Waals surface area contributed by atoms with E-state index in [1.165, 1.54) is 0 Å². The Morgan fingerprint density at radius 1 is 0.538 bits per heavy atom. The third-order valence-electron chi connectivity index (χ3n) is 2.69. The van der Waals surface area contributed by atoms with Crippen LogP contribution in [0.3, 0.4) is 0 Å². The Kier molecular flexibility index (Phi) is 3.29. The van der Waals surface area contributed by atoms with Gasteiger partial charge in [-0.1, -0.05) is 19.3 Å². The van der Waals surface area contributed by atoms with Crippen molar-refractivity contribution < 1.29 is 20.4 Å². The monoisotopic (exact) mass is 190 g/mol. The fraction of sp³-hybridized carbons (Fsp3) is 1.00. The van der Waals surface area contributed by atoms with E-state index in [2.05, 4.69) is 0 Å². The standard InChI is InChI=1S/C9H18O4/c10-8(11)6-4-2-1-3-5-7-9(8,12)13/h10-13H,1-7H2. The van der Waals surface area contributed by atoms with Crippen LogP contribution in [-0.2, 0) is 0 Å². The minimum atomic E-state index is -2.35. The number of hydrogen-bond donors (Lipinski definition) is 4. The second-order valence-electron chi connectivity index (χ2n) is 3.90. The third kappa shape index (κ3) is 2.64. The number of rotatable bonds is 0. The normalized spacial score (nSPS) is 28.6. The first-order chi connectivity index (χ1) is 5.96. The van der Waals surface area contributed by atoms with Gasteiger partial charge in [-0.15, -0.1) is 0 Å². The van der Waals surface area contributed by atoms with Crippen LogP contribution < -0.4 is 0 Å². The summed E-state index contributed by atoms with van der Waals surface area (Å²) < 4.78 is 0. The van der Waals surface area contributed by atoms with E-state index in [4.69, 9.17) is 0 Å². The number of hydrogen-bond acceptors (Lipinski definition) is 4. The van der Waals surface area contributed by atoms with Crippen LogP contribution in [0.15, 0.2) is 0 Å². The molecule has 0 unspecified atom stereocenters. The molecule has 0 aromatic rings. The summed E-state index contributed by atoms with van der Waals surface area (Å²) in [7, 11) is 0. The van der Waals surface area contributed by atoms with E-state index in [-0.39, 0.29) is 12.8 Å². The summed E-state index contributed by atoms with van der Waals surface area (Å²) >= 11 is 0. The molecule has 0 spiro atoms. The second kappa shape index (κ2) is 3.92. The first-order valence-electron chi connectivity index (χ1n) is 4.85. The molecule has 0 aromatic heterocycles. The zero-order valence-electron chi connectivity index (χ0n) is 7.74. The summed E-state index contributed by atoms with van der Waals surface area (Å²) in [6.45, 7) is 0. The van der Waals surface area contributed by atoms with E-state index in [1.807, 2.05) is 0 Å². The summed E-state index contributed by atoms with van der Waals surface area (Å²) in [5.74, 6) is -4.70. The van der Waals surface area contributed by atoms with Crippen molar-refractivity contribution in [3.05, 3.63) is 0 Å². The average molecular weight is 190 g/mol. The molecule has 0 aliphatic heterocycles. The molecule has 1 aliphatic carbocycles. The van der Waals surface area contributed by atoms with Crippen LogP contribution in [0.5, 0.6) is 0 Å². The maximum atomic E-state index is 9.39. The molecule has 4 heteroatoms. The molecule has 1 saturated carbocycles. The van der Waals surface area contributed by atoms with Gasteiger partial charge < -0.3 is 20.4 Å². The Labute approximate surface area is 77.8 Å². The van der Waals surface area contributed by atoms with E-state index in [0.29, 0.717) is 12.8 Å². The van der Waals surface area contributed by atoms with Gasteiger partial charge in [0.2, 0.25) is 11.6 Å². The Bertz CT molecular complexity index is 147. The predicted molar refractivity (Wildman–Crippen MR) is 46.7 cm³/mol. The summed E-state index contributed by atoms with van der Waals surface area (Å²) in [5, 5.41) is 37.6. The van der Waals surface area contributed by atoms with Crippen molar-refractivity contribution in [3.63, 3.8) is 0 Å². The lowest BCUT2D eigenvalue weighted by Crippen LogP contribution is -2.54. The van der Waals surface area contributed by atoms with Crippen LogP contribution in [0.1, 0.15) is 44.9 Å². The summed E-state index contributed by atoms with van der Waals surface area (Å²) in [4.78, 5) is 0. The third-order valence-corrected chi connectivity index (χ3v) is 2.69. The first kappa shape index (κ1) is 10.9. The minimum absolute atomic E-state index is 0.0278. The molecule has 1 rings (SSSR count). The largest absolute Gasteiger partial charge is 0.361 e. The fourth-order valence-electron chi connectivity index (χ4n) is 1.67. The smallest absolute Gasteiger partial charge is 0.218 e. The van der Waals surface area contributed by atoms with Gasteiger partial charge in [-0.2, -0.15) is 0 Å². The topological polar surface area (TPSA) is 80.9 Å². The molecular weight excluding hydrogens is 172 g/mol. The fourth-order valence-corrected chi connectivity index (χ4v) is 1.67. The second-order valence-corrected chi connectivity index (χ2v) is 3.90. The van der Waals surface area contributed by atoms with Gasteiger partial charge >= 0.3 is 0 Å². The van der Waals surface area contributed by atoms with Crippen molar-refractivity contribution in [3.8, 4) is 0 Å². The van der Waals surface area contributed by atoms with Crippen molar-refractivity contribution in [1.82, 2.24) is 0 Å². The summed E-state index contributed by atoms with van der Waals surface area (Å²) in [5.41, 5.74) is 0. The van der Waals surface area contributed by atoms with Crippen LogP contribution in [0, 0.1) is 0 Å². The van der Waals surface area contributed by atoms with E-state index < -0.39 is 11.6 Å². The zero-order chi connectivity index (χ0) is 9.95. The Morgan fingerprint density at radius 2 is 0.846 bits per heavy atom. The molecule has 0 radical (unpaired) electrons. The molecule has 4 nitrogen and oxygen atoms in total. The Balaban J connectivity index is 2.66. The highest BCUT2D eigenvalue weighted by Gasteiger charge is 2.46. The molecule has 4 N–H and O–H groups in total. The van der Waals surface area contributed by atoms with Gasteiger partial charge in [0.1, 0.15) is 0 Å². The Hall–Kier alpha value is -0.160. The quantitative estimate of drug-likeness (QED) is 0.408.